The van der Waals surface area contributed by atoms with Crippen LogP contribution in [0, 0.1) is 13.8 Å². The van der Waals surface area contributed by atoms with E-state index < -0.39 is 0 Å². The van der Waals surface area contributed by atoms with Gasteiger partial charge < -0.3 is 9.84 Å². The molecule has 1 saturated heterocycles. The van der Waals surface area contributed by atoms with Crippen LogP contribution < -0.4 is 10.9 Å². The fraction of sp³-hybridized carbons (Fsp3) is 0.400. The third-order valence-electron chi connectivity index (χ3n) is 4.97. The van der Waals surface area contributed by atoms with Gasteiger partial charge in [-0.15, -0.1) is 0 Å². The van der Waals surface area contributed by atoms with Gasteiger partial charge in [-0.2, -0.15) is 0 Å². The maximum absolute atomic E-state index is 12.4. The Hall–Kier alpha value is -3.04. The molecule has 1 amide bonds. The first kappa shape index (κ1) is 19.3. The minimum atomic E-state index is -0.105. The van der Waals surface area contributed by atoms with Crippen LogP contribution in [0.4, 0.5) is 5.82 Å². The van der Waals surface area contributed by atoms with Crippen molar-refractivity contribution in [3.8, 4) is 0 Å². The van der Waals surface area contributed by atoms with Gasteiger partial charge in [0.15, 0.2) is 5.82 Å². The lowest BCUT2D eigenvalue weighted by atomic mass is 10.2. The van der Waals surface area contributed by atoms with Crippen LogP contribution in [0.25, 0.3) is 5.65 Å². The molecule has 1 fully saturated rings. The molecule has 3 aromatic heterocycles. The summed E-state index contributed by atoms with van der Waals surface area (Å²) in [5.74, 6) is 0.993. The van der Waals surface area contributed by atoms with E-state index in [4.69, 9.17) is 4.52 Å². The van der Waals surface area contributed by atoms with E-state index in [1.54, 1.807) is 29.7 Å². The Labute approximate surface area is 167 Å². The molecule has 0 aromatic carbocycles. The molecule has 0 bridgehead atoms. The van der Waals surface area contributed by atoms with Crippen molar-refractivity contribution in [2.24, 2.45) is 0 Å². The largest absolute Gasteiger partial charge is 0.360 e. The van der Waals surface area contributed by atoms with Gasteiger partial charge in [0.25, 0.3) is 5.56 Å². The zero-order valence-electron chi connectivity index (χ0n) is 16.6. The lowest BCUT2D eigenvalue weighted by molar-refractivity contribution is -0.117. The summed E-state index contributed by atoms with van der Waals surface area (Å²) in [5.41, 5.74) is 2.39. The molecule has 3 aromatic rings. The molecular weight excluding hydrogens is 372 g/mol. The maximum atomic E-state index is 12.4. The minimum absolute atomic E-state index is 0.0629. The molecule has 0 unspecified atom stereocenters. The second-order valence-electron chi connectivity index (χ2n) is 7.44. The zero-order chi connectivity index (χ0) is 20.4. The van der Waals surface area contributed by atoms with Crippen LogP contribution >= 0.6 is 0 Å². The van der Waals surface area contributed by atoms with Crippen LogP contribution in [-0.4, -0.2) is 63.0 Å². The summed E-state index contributed by atoms with van der Waals surface area (Å²) >= 11 is 0. The average Bonchev–Trinajstić information content (AvgIpc) is 3.08. The van der Waals surface area contributed by atoms with Crippen molar-refractivity contribution in [2.45, 2.75) is 20.4 Å². The Balaban J connectivity index is 1.31. The molecule has 0 saturated carbocycles. The van der Waals surface area contributed by atoms with Crippen molar-refractivity contribution in [2.75, 3.05) is 38.0 Å². The van der Waals surface area contributed by atoms with E-state index in [0.717, 1.165) is 37.4 Å². The Bertz CT molecular complexity index is 1080. The Morgan fingerprint density at radius 3 is 2.62 bits per heavy atom. The van der Waals surface area contributed by atoms with Crippen LogP contribution in [0.5, 0.6) is 0 Å². The molecule has 1 aliphatic rings. The summed E-state index contributed by atoms with van der Waals surface area (Å²) in [7, 11) is 0. The summed E-state index contributed by atoms with van der Waals surface area (Å²) in [6.07, 6.45) is 1.80. The van der Waals surface area contributed by atoms with Crippen molar-refractivity contribution in [1.82, 2.24) is 24.3 Å². The fourth-order valence-corrected chi connectivity index (χ4v) is 3.48. The summed E-state index contributed by atoms with van der Waals surface area (Å²) in [6, 6.07) is 7.12. The number of carbonyl (C=O) groups is 1. The normalized spacial score (nSPS) is 15.7. The number of pyridine rings is 1. The maximum Gasteiger partial charge on any atom is 0.258 e. The predicted molar refractivity (Wildman–Crippen MR) is 108 cm³/mol. The first-order valence-electron chi connectivity index (χ1n) is 9.63. The number of hydrogen-bond donors (Lipinski definition) is 1. The first-order chi connectivity index (χ1) is 14.0. The molecule has 1 N–H and O–H groups in total. The number of carbonyl (C=O) groups excluding carboxylic acids is 1. The lowest BCUT2D eigenvalue weighted by Crippen LogP contribution is -2.48. The van der Waals surface area contributed by atoms with Crippen LogP contribution in [0.1, 0.15) is 17.0 Å². The number of amides is 1. The van der Waals surface area contributed by atoms with Crippen LogP contribution in [0.3, 0.4) is 0 Å². The smallest absolute Gasteiger partial charge is 0.258 e. The van der Waals surface area contributed by atoms with E-state index in [-0.39, 0.29) is 11.5 Å². The Kier molecular flexibility index (Phi) is 5.41. The average molecular weight is 396 g/mol. The van der Waals surface area contributed by atoms with Crippen molar-refractivity contribution < 1.29 is 9.32 Å². The van der Waals surface area contributed by atoms with E-state index in [2.05, 4.69) is 25.3 Å². The molecule has 152 valence electrons. The molecule has 0 spiro atoms. The molecule has 4 rings (SSSR count). The second kappa shape index (κ2) is 8.14. The van der Waals surface area contributed by atoms with Crippen molar-refractivity contribution >= 4 is 17.4 Å². The monoisotopic (exact) mass is 396 g/mol. The molecule has 9 heteroatoms. The quantitative estimate of drug-likeness (QED) is 0.689. The minimum Gasteiger partial charge on any atom is -0.360 e. The summed E-state index contributed by atoms with van der Waals surface area (Å²) in [4.78, 5) is 33.5. The first-order valence-corrected chi connectivity index (χ1v) is 9.63. The summed E-state index contributed by atoms with van der Waals surface area (Å²) < 4.78 is 6.53. The number of anilines is 1. The van der Waals surface area contributed by atoms with Crippen molar-refractivity contribution in [3.63, 3.8) is 0 Å². The van der Waals surface area contributed by atoms with E-state index in [0.29, 0.717) is 30.3 Å². The highest BCUT2D eigenvalue weighted by Crippen LogP contribution is 2.10. The lowest BCUT2D eigenvalue weighted by Gasteiger charge is -2.33. The van der Waals surface area contributed by atoms with E-state index in [9.17, 15) is 9.59 Å². The van der Waals surface area contributed by atoms with Crippen molar-refractivity contribution in [3.05, 3.63) is 57.8 Å². The number of nitrogens with one attached hydrogen (secondary N) is 1. The number of aryl methyl sites for hydroxylation is 2. The van der Waals surface area contributed by atoms with Crippen molar-refractivity contribution in [1.29, 1.82) is 0 Å². The van der Waals surface area contributed by atoms with Gasteiger partial charge in [-0.05, 0) is 25.5 Å². The van der Waals surface area contributed by atoms with Crippen LogP contribution in [0.15, 0.2) is 39.8 Å². The number of aromatic nitrogens is 3. The summed E-state index contributed by atoms with van der Waals surface area (Å²) in [5, 5.41) is 6.52. The summed E-state index contributed by atoms with van der Waals surface area (Å²) in [6.45, 7) is 7.84. The number of hydrogen-bond acceptors (Lipinski definition) is 7. The highest BCUT2D eigenvalue weighted by molar-refractivity contribution is 5.91. The SMILES string of the molecule is Cc1ccc2nc(CN3CCN(CC(=O)Nc4cc(C)on4)CC3)cc(=O)n2c1. The van der Waals surface area contributed by atoms with Gasteiger partial charge in [-0.3, -0.25) is 23.8 Å². The third kappa shape index (κ3) is 4.69. The highest BCUT2D eigenvalue weighted by Gasteiger charge is 2.20. The third-order valence-corrected chi connectivity index (χ3v) is 4.97. The molecule has 4 heterocycles. The molecular formula is C20H24N6O3. The number of piperazine rings is 1. The molecule has 29 heavy (non-hydrogen) atoms. The topological polar surface area (TPSA) is 96.0 Å². The van der Waals surface area contributed by atoms with E-state index >= 15 is 0 Å². The van der Waals surface area contributed by atoms with Crippen LogP contribution in [0.2, 0.25) is 0 Å². The molecule has 0 atom stereocenters. The Morgan fingerprint density at radius 2 is 1.90 bits per heavy atom. The van der Waals surface area contributed by atoms with Gasteiger partial charge in [-0.25, -0.2) is 4.98 Å². The van der Waals surface area contributed by atoms with Gasteiger partial charge in [-0.1, -0.05) is 11.2 Å². The second-order valence-corrected chi connectivity index (χ2v) is 7.44. The molecule has 1 aliphatic heterocycles. The van der Waals surface area contributed by atoms with Crippen LogP contribution in [-0.2, 0) is 11.3 Å². The van der Waals surface area contributed by atoms with E-state index in [1.807, 2.05) is 19.1 Å². The molecule has 0 aliphatic carbocycles. The number of fused-ring (bicyclic) bond motifs is 1. The van der Waals surface area contributed by atoms with Gasteiger partial charge in [0.2, 0.25) is 5.91 Å². The van der Waals surface area contributed by atoms with Gasteiger partial charge in [0, 0.05) is 51.1 Å². The standard InChI is InChI=1S/C20H24N6O3/c1-14-3-4-18-21-16(10-20(28)26(18)11-14)12-24-5-7-25(8-6-24)13-19(27)22-17-9-15(2)29-23-17/h3-4,9-11H,5-8,12-13H2,1-2H3,(H,22,23,27). The van der Waals surface area contributed by atoms with Gasteiger partial charge in [0.1, 0.15) is 11.4 Å². The van der Waals surface area contributed by atoms with Gasteiger partial charge >= 0.3 is 0 Å². The number of rotatable bonds is 5. The molecule has 9 nitrogen and oxygen atoms in total. The Morgan fingerprint density at radius 1 is 1.14 bits per heavy atom. The zero-order valence-corrected chi connectivity index (χ0v) is 16.6. The number of nitrogens with zero attached hydrogens (tertiary/aromatic N) is 5. The molecule has 0 radical (unpaired) electrons. The van der Waals surface area contributed by atoms with Gasteiger partial charge in [0.05, 0.1) is 12.2 Å². The van der Waals surface area contributed by atoms with E-state index in [1.165, 1.54) is 0 Å². The predicted octanol–water partition coefficient (Wildman–Crippen LogP) is 1.06. The fourth-order valence-electron chi connectivity index (χ4n) is 3.48. The highest BCUT2D eigenvalue weighted by atomic mass is 16.5.